The summed E-state index contributed by atoms with van der Waals surface area (Å²) < 4.78 is 10.3. The number of phenols is 1. The SMILES string of the molecule is COc1cc(CNc2cncc(C)c2)cc(OC)c1O. The molecule has 5 nitrogen and oxygen atoms in total. The molecule has 0 bridgehead atoms. The van der Waals surface area contributed by atoms with Crippen LogP contribution in [-0.4, -0.2) is 24.3 Å². The van der Waals surface area contributed by atoms with Gasteiger partial charge in [0, 0.05) is 18.9 Å². The second kappa shape index (κ2) is 6.14. The number of aromatic hydroxyl groups is 1. The molecule has 0 unspecified atom stereocenters. The van der Waals surface area contributed by atoms with Crippen molar-refractivity contribution in [2.45, 2.75) is 13.5 Å². The number of methoxy groups -OCH3 is 2. The second-order valence-corrected chi connectivity index (χ2v) is 4.45. The summed E-state index contributed by atoms with van der Waals surface area (Å²) in [4.78, 5) is 4.13. The van der Waals surface area contributed by atoms with E-state index in [1.807, 2.05) is 13.0 Å². The van der Waals surface area contributed by atoms with E-state index in [-0.39, 0.29) is 5.75 Å². The maximum absolute atomic E-state index is 9.85. The van der Waals surface area contributed by atoms with E-state index >= 15 is 0 Å². The Morgan fingerprint density at radius 2 is 1.75 bits per heavy atom. The molecule has 0 saturated heterocycles. The summed E-state index contributed by atoms with van der Waals surface area (Å²) in [5, 5.41) is 13.1. The van der Waals surface area contributed by atoms with Crippen molar-refractivity contribution in [3.8, 4) is 17.2 Å². The molecule has 5 heteroatoms. The van der Waals surface area contributed by atoms with Gasteiger partial charge in [-0.05, 0) is 36.2 Å². The van der Waals surface area contributed by atoms with Gasteiger partial charge in [0.05, 0.1) is 19.9 Å². The number of benzene rings is 1. The van der Waals surface area contributed by atoms with Crippen LogP contribution in [0.5, 0.6) is 17.2 Å². The van der Waals surface area contributed by atoms with Gasteiger partial charge in [-0.25, -0.2) is 0 Å². The number of phenolic OH excluding ortho intramolecular Hbond substituents is 1. The Labute approximate surface area is 118 Å². The van der Waals surface area contributed by atoms with E-state index in [4.69, 9.17) is 9.47 Å². The molecule has 20 heavy (non-hydrogen) atoms. The monoisotopic (exact) mass is 274 g/mol. The van der Waals surface area contributed by atoms with Crippen LogP contribution in [0.2, 0.25) is 0 Å². The zero-order valence-corrected chi connectivity index (χ0v) is 11.8. The lowest BCUT2D eigenvalue weighted by Crippen LogP contribution is -2.01. The summed E-state index contributed by atoms with van der Waals surface area (Å²) in [7, 11) is 3.02. The van der Waals surface area contributed by atoms with E-state index < -0.39 is 0 Å². The highest BCUT2D eigenvalue weighted by Gasteiger charge is 2.11. The lowest BCUT2D eigenvalue weighted by molar-refractivity contribution is 0.339. The summed E-state index contributed by atoms with van der Waals surface area (Å²) in [6.07, 6.45) is 3.57. The highest BCUT2D eigenvalue weighted by atomic mass is 16.5. The lowest BCUT2D eigenvalue weighted by atomic mass is 10.1. The number of anilines is 1. The van der Waals surface area contributed by atoms with Gasteiger partial charge in [0.1, 0.15) is 0 Å². The number of pyridine rings is 1. The van der Waals surface area contributed by atoms with Crippen molar-refractivity contribution >= 4 is 5.69 Å². The van der Waals surface area contributed by atoms with Crippen LogP contribution in [0.1, 0.15) is 11.1 Å². The van der Waals surface area contributed by atoms with Crippen molar-refractivity contribution in [2.24, 2.45) is 0 Å². The minimum absolute atomic E-state index is 0.0102. The molecule has 0 aliphatic carbocycles. The normalized spacial score (nSPS) is 10.2. The van der Waals surface area contributed by atoms with Gasteiger partial charge < -0.3 is 19.9 Å². The minimum atomic E-state index is 0.0102. The van der Waals surface area contributed by atoms with Crippen molar-refractivity contribution < 1.29 is 14.6 Å². The third-order valence-corrected chi connectivity index (χ3v) is 2.91. The summed E-state index contributed by atoms with van der Waals surface area (Å²) in [6.45, 7) is 2.57. The number of nitrogens with zero attached hydrogens (tertiary/aromatic N) is 1. The van der Waals surface area contributed by atoms with E-state index in [1.54, 1.807) is 24.5 Å². The first kappa shape index (κ1) is 14.0. The Kier molecular flexibility index (Phi) is 4.30. The largest absolute Gasteiger partial charge is 0.502 e. The van der Waals surface area contributed by atoms with E-state index in [1.165, 1.54) is 14.2 Å². The molecular weight excluding hydrogens is 256 g/mol. The summed E-state index contributed by atoms with van der Waals surface area (Å²) in [6, 6.07) is 5.56. The summed E-state index contributed by atoms with van der Waals surface area (Å²) in [5.74, 6) is 0.794. The Bertz CT molecular complexity index is 574. The highest BCUT2D eigenvalue weighted by Crippen LogP contribution is 2.37. The predicted molar refractivity (Wildman–Crippen MR) is 77.5 cm³/mol. The third-order valence-electron chi connectivity index (χ3n) is 2.91. The molecule has 106 valence electrons. The van der Waals surface area contributed by atoms with Gasteiger partial charge in [-0.3, -0.25) is 4.98 Å². The zero-order chi connectivity index (χ0) is 14.5. The molecule has 0 aliphatic rings. The molecule has 1 aromatic heterocycles. The first-order valence-electron chi connectivity index (χ1n) is 6.23. The van der Waals surface area contributed by atoms with Crippen LogP contribution in [-0.2, 0) is 6.54 Å². The van der Waals surface area contributed by atoms with Gasteiger partial charge >= 0.3 is 0 Å². The molecule has 2 aromatic rings. The van der Waals surface area contributed by atoms with Crippen LogP contribution >= 0.6 is 0 Å². The maximum Gasteiger partial charge on any atom is 0.200 e. The topological polar surface area (TPSA) is 63.6 Å². The highest BCUT2D eigenvalue weighted by molar-refractivity contribution is 5.53. The van der Waals surface area contributed by atoms with E-state index in [0.717, 1.165) is 16.8 Å². The van der Waals surface area contributed by atoms with E-state index in [0.29, 0.717) is 18.0 Å². The van der Waals surface area contributed by atoms with Crippen LogP contribution in [0.4, 0.5) is 5.69 Å². The molecule has 0 aliphatic heterocycles. The van der Waals surface area contributed by atoms with Crippen LogP contribution in [0.3, 0.4) is 0 Å². The molecule has 0 saturated carbocycles. The molecule has 2 rings (SSSR count). The summed E-state index contributed by atoms with van der Waals surface area (Å²) >= 11 is 0. The van der Waals surface area contributed by atoms with Crippen LogP contribution in [0, 0.1) is 6.92 Å². The van der Waals surface area contributed by atoms with Gasteiger partial charge in [-0.15, -0.1) is 0 Å². The van der Waals surface area contributed by atoms with Gasteiger partial charge in [0.15, 0.2) is 11.5 Å². The fraction of sp³-hybridized carbons (Fsp3) is 0.267. The van der Waals surface area contributed by atoms with Crippen molar-refractivity contribution in [3.05, 3.63) is 41.7 Å². The number of nitrogens with one attached hydrogen (secondary N) is 1. The molecule has 0 amide bonds. The molecule has 0 fully saturated rings. The average Bonchev–Trinajstić information content (AvgIpc) is 2.46. The fourth-order valence-corrected chi connectivity index (χ4v) is 1.91. The van der Waals surface area contributed by atoms with Gasteiger partial charge in [0.2, 0.25) is 5.75 Å². The average molecular weight is 274 g/mol. The quantitative estimate of drug-likeness (QED) is 0.877. The smallest absolute Gasteiger partial charge is 0.200 e. The van der Waals surface area contributed by atoms with Crippen LogP contribution in [0.25, 0.3) is 0 Å². The number of aryl methyl sites for hydroxylation is 1. The van der Waals surface area contributed by atoms with Crippen molar-refractivity contribution in [3.63, 3.8) is 0 Å². The number of rotatable bonds is 5. The molecule has 0 spiro atoms. The van der Waals surface area contributed by atoms with Gasteiger partial charge in [0.25, 0.3) is 0 Å². The molecular formula is C15H18N2O3. The van der Waals surface area contributed by atoms with Crippen LogP contribution < -0.4 is 14.8 Å². The zero-order valence-electron chi connectivity index (χ0n) is 11.8. The van der Waals surface area contributed by atoms with Gasteiger partial charge in [-0.2, -0.15) is 0 Å². The predicted octanol–water partition coefficient (Wildman–Crippen LogP) is 2.72. The molecule has 0 atom stereocenters. The first-order valence-corrected chi connectivity index (χ1v) is 6.23. The first-order chi connectivity index (χ1) is 9.63. The Balaban J connectivity index is 2.17. The third kappa shape index (κ3) is 3.12. The lowest BCUT2D eigenvalue weighted by Gasteiger charge is -2.12. The minimum Gasteiger partial charge on any atom is -0.502 e. The number of aromatic nitrogens is 1. The number of hydrogen-bond donors (Lipinski definition) is 2. The van der Waals surface area contributed by atoms with E-state index in [9.17, 15) is 5.11 Å². The number of ether oxygens (including phenoxy) is 2. The molecule has 1 heterocycles. The Hall–Kier alpha value is -2.43. The number of hydrogen-bond acceptors (Lipinski definition) is 5. The van der Waals surface area contributed by atoms with Crippen molar-refractivity contribution in [2.75, 3.05) is 19.5 Å². The molecule has 0 radical (unpaired) electrons. The second-order valence-electron chi connectivity index (χ2n) is 4.45. The van der Waals surface area contributed by atoms with Crippen molar-refractivity contribution in [1.29, 1.82) is 0 Å². The van der Waals surface area contributed by atoms with E-state index in [2.05, 4.69) is 10.3 Å². The standard InChI is InChI=1S/C15H18N2O3/c1-10-4-12(9-16-7-10)17-8-11-5-13(19-2)15(18)14(6-11)20-3/h4-7,9,17-18H,8H2,1-3H3. The Morgan fingerprint density at radius 1 is 1.10 bits per heavy atom. The fourth-order valence-electron chi connectivity index (χ4n) is 1.91. The molecule has 2 N–H and O–H groups in total. The van der Waals surface area contributed by atoms with Gasteiger partial charge in [-0.1, -0.05) is 0 Å². The Morgan fingerprint density at radius 3 is 2.30 bits per heavy atom. The maximum atomic E-state index is 9.85. The molecule has 1 aromatic carbocycles. The van der Waals surface area contributed by atoms with Crippen LogP contribution in [0.15, 0.2) is 30.6 Å². The summed E-state index contributed by atoms with van der Waals surface area (Å²) in [5.41, 5.74) is 2.98. The van der Waals surface area contributed by atoms with Crippen molar-refractivity contribution in [1.82, 2.24) is 4.98 Å².